The van der Waals surface area contributed by atoms with Crippen LogP contribution in [-0.4, -0.2) is 36.8 Å². The largest absolute Gasteiger partial charge is 0.383 e. The monoisotopic (exact) mass is 286 g/mol. The molecule has 18 heavy (non-hydrogen) atoms. The minimum absolute atomic E-state index is 0.0113. The van der Waals surface area contributed by atoms with Crippen LogP contribution in [0.1, 0.15) is 25.3 Å². The van der Waals surface area contributed by atoms with Crippen LogP contribution in [0.3, 0.4) is 0 Å². The average Bonchev–Trinajstić information content (AvgIpc) is 2.85. The molecule has 0 bridgehead atoms. The standard InChI is InChI=1S/C13H22N2OS2/c1-12(2)4-8-17-10-13(12,15-5-7-16-3)11-14-6-9-18-11/h6,9,15H,4-5,7-8,10H2,1-3H3. The number of aromatic nitrogens is 1. The molecule has 0 radical (unpaired) electrons. The summed E-state index contributed by atoms with van der Waals surface area (Å²) in [5.74, 6) is 2.34. The number of methoxy groups -OCH3 is 1. The molecule has 1 saturated heterocycles. The van der Waals surface area contributed by atoms with Crippen LogP contribution in [0.4, 0.5) is 0 Å². The van der Waals surface area contributed by atoms with Crippen molar-refractivity contribution in [2.75, 3.05) is 31.8 Å². The maximum atomic E-state index is 5.18. The van der Waals surface area contributed by atoms with Gasteiger partial charge in [-0.15, -0.1) is 11.3 Å². The Morgan fingerprint density at radius 2 is 2.33 bits per heavy atom. The van der Waals surface area contributed by atoms with E-state index in [-0.39, 0.29) is 11.0 Å². The molecule has 5 heteroatoms. The molecule has 1 fully saturated rings. The van der Waals surface area contributed by atoms with Crippen molar-refractivity contribution in [3.8, 4) is 0 Å². The van der Waals surface area contributed by atoms with Crippen LogP contribution < -0.4 is 5.32 Å². The third-order valence-corrected chi connectivity index (χ3v) is 5.94. The van der Waals surface area contributed by atoms with Gasteiger partial charge in [0.1, 0.15) is 5.01 Å². The number of thioether (sulfide) groups is 1. The fraction of sp³-hybridized carbons (Fsp3) is 0.769. The third-order valence-electron chi connectivity index (χ3n) is 3.88. The second kappa shape index (κ2) is 5.90. The van der Waals surface area contributed by atoms with Crippen LogP contribution >= 0.6 is 23.1 Å². The summed E-state index contributed by atoms with van der Waals surface area (Å²) in [7, 11) is 1.75. The first kappa shape index (κ1) is 14.3. The second-order valence-corrected chi connectivity index (χ2v) is 7.35. The van der Waals surface area contributed by atoms with E-state index < -0.39 is 0 Å². The molecule has 0 spiro atoms. The van der Waals surface area contributed by atoms with E-state index in [9.17, 15) is 0 Å². The lowest BCUT2D eigenvalue weighted by molar-refractivity contribution is 0.110. The van der Waals surface area contributed by atoms with Gasteiger partial charge in [-0.05, 0) is 17.6 Å². The molecule has 2 rings (SSSR count). The molecule has 1 unspecified atom stereocenters. The van der Waals surface area contributed by atoms with E-state index in [1.165, 1.54) is 17.2 Å². The highest BCUT2D eigenvalue weighted by Gasteiger charge is 2.49. The lowest BCUT2D eigenvalue weighted by Gasteiger charge is -2.49. The molecule has 0 aromatic carbocycles. The predicted octanol–water partition coefficient (Wildman–Crippen LogP) is 2.74. The van der Waals surface area contributed by atoms with E-state index >= 15 is 0 Å². The van der Waals surface area contributed by atoms with Gasteiger partial charge in [-0.25, -0.2) is 4.98 Å². The number of thiazole rings is 1. The SMILES string of the molecule is COCCNC1(c2nccs2)CSCCC1(C)C. The molecule has 0 saturated carbocycles. The van der Waals surface area contributed by atoms with Crippen LogP contribution in [0.2, 0.25) is 0 Å². The molecule has 3 nitrogen and oxygen atoms in total. The first-order valence-corrected chi connectivity index (χ1v) is 8.37. The Morgan fingerprint density at radius 1 is 1.50 bits per heavy atom. The van der Waals surface area contributed by atoms with E-state index in [4.69, 9.17) is 4.74 Å². The van der Waals surface area contributed by atoms with Gasteiger partial charge in [0.05, 0.1) is 12.1 Å². The fourth-order valence-corrected chi connectivity index (χ4v) is 5.30. The average molecular weight is 286 g/mol. The lowest BCUT2D eigenvalue weighted by Crippen LogP contribution is -2.58. The zero-order valence-corrected chi connectivity index (χ0v) is 13.0. The molecule has 1 aromatic rings. The molecule has 0 amide bonds. The number of nitrogens with one attached hydrogen (secondary N) is 1. The quantitative estimate of drug-likeness (QED) is 0.844. The molecular weight excluding hydrogens is 264 g/mol. The Labute approximate surface area is 118 Å². The third kappa shape index (κ3) is 2.59. The van der Waals surface area contributed by atoms with E-state index in [0.29, 0.717) is 0 Å². The van der Waals surface area contributed by atoms with E-state index in [0.717, 1.165) is 18.9 Å². The summed E-state index contributed by atoms with van der Waals surface area (Å²) >= 11 is 3.78. The first-order chi connectivity index (χ1) is 8.62. The smallest absolute Gasteiger partial charge is 0.114 e. The van der Waals surface area contributed by atoms with E-state index in [2.05, 4.69) is 29.5 Å². The Balaban J connectivity index is 2.26. The van der Waals surface area contributed by atoms with Crippen molar-refractivity contribution >= 4 is 23.1 Å². The molecule has 1 aliphatic rings. The van der Waals surface area contributed by atoms with Crippen molar-refractivity contribution in [3.05, 3.63) is 16.6 Å². The first-order valence-electron chi connectivity index (χ1n) is 6.34. The van der Waals surface area contributed by atoms with Gasteiger partial charge < -0.3 is 10.1 Å². The van der Waals surface area contributed by atoms with E-state index in [1.54, 1.807) is 18.4 Å². The van der Waals surface area contributed by atoms with Crippen molar-refractivity contribution in [1.29, 1.82) is 0 Å². The lowest BCUT2D eigenvalue weighted by atomic mass is 9.71. The summed E-state index contributed by atoms with van der Waals surface area (Å²) < 4.78 is 5.18. The maximum Gasteiger partial charge on any atom is 0.114 e. The van der Waals surface area contributed by atoms with Gasteiger partial charge in [-0.3, -0.25) is 0 Å². The number of nitrogens with zero attached hydrogens (tertiary/aromatic N) is 1. The van der Waals surface area contributed by atoms with Crippen molar-refractivity contribution in [1.82, 2.24) is 10.3 Å². The fourth-order valence-electron chi connectivity index (χ4n) is 2.48. The predicted molar refractivity (Wildman–Crippen MR) is 79.4 cm³/mol. The summed E-state index contributed by atoms with van der Waals surface area (Å²) in [5.41, 5.74) is 0.215. The van der Waals surface area contributed by atoms with Crippen molar-refractivity contribution in [2.24, 2.45) is 5.41 Å². The topological polar surface area (TPSA) is 34.1 Å². The van der Waals surface area contributed by atoms with Crippen molar-refractivity contribution in [2.45, 2.75) is 25.8 Å². The highest BCUT2D eigenvalue weighted by molar-refractivity contribution is 7.99. The zero-order valence-electron chi connectivity index (χ0n) is 11.4. The second-order valence-electron chi connectivity index (χ2n) is 5.35. The summed E-state index contributed by atoms with van der Waals surface area (Å²) in [5, 5.41) is 7.02. The van der Waals surface area contributed by atoms with Gasteiger partial charge in [-0.1, -0.05) is 13.8 Å². The van der Waals surface area contributed by atoms with Crippen LogP contribution in [-0.2, 0) is 10.3 Å². The van der Waals surface area contributed by atoms with Crippen LogP contribution in [0, 0.1) is 5.41 Å². The number of hydrogen-bond donors (Lipinski definition) is 1. The highest BCUT2D eigenvalue weighted by atomic mass is 32.2. The minimum Gasteiger partial charge on any atom is -0.383 e. The van der Waals surface area contributed by atoms with Crippen LogP contribution in [0.25, 0.3) is 0 Å². The van der Waals surface area contributed by atoms with Crippen molar-refractivity contribution < 1.29 is 4.74 Å². The van der Waals surface area contributed by atoms with Crippen LogP contribution in [0.15, 0.2) is 11.6 Å². The highest BCUT2D eigenvalue weighted by Crippen LogP contribution is 2.48. The number of hydrogen-bond acceptors (Lipinski definition) is 5. The summed E-state index contributed by atoms with van der Waals surface area (Å²) in [6, 6.07) is 0. The molecule has 102 valence electrons. The Hall–Kier alpha value is -0.100. The van der Waals surface area contributed by atoms with Crippen molar-refractivity contribution in [3.63, 3.8) is 0 Å². The molecular formula is C13H22N2OS2. The minimum atomic E-state index is -0.0113. The van der Waals surface area contributed by atoms with E-state index in [1.807, 2.05) is 18.0 Å². The molecule has 1 N–H and O–H groups in total. The van der Waals surface area contributed by atoms with Crippen LogP contribution in [0.5, 0.6) is 0 Å². The molecule has 1 aliphatic heterocycles. The molecule has 1 atom stereocenters. The van der Waals surface area contributed by atoms with Gasteiger partial charge in [-0.2, -0.15) is 11.8 Å². The number of rotatable bonds is 5. The number of ether oxygens (including phenoxy) is 1. The Kier molecular flexibility index (Phi) is 4.69. The molecule has 2 heterocycles. The maximum absolute atomic E-state index is 5.18. The van der Waals surface area contributed by atoms with Gasteiger partial charge in [0.15, 0.2) is 0 Å². The summed E-state index contributed by atoms with van der Waals surface area (Å²) in [6.07, 6.45) is 3.13. The van der Waals surface area contributed by atoms with Gasteiger partial charge in [0.2, 0.25) is 0 Å². The normalized spacial score (nSPS) is 27.3. The summed E-state index contributed by atoms with van der Waals surface area (Å²) in [6.45, 7) is 6.33. The van der Waals surface area contributed by atoms with Gasteiger partial charge in [0, 0.05) is 31.0 Å². The van der Waals surface area contributed by atoms with Gasteiger partial charge in [0.25, 0.3) is 0 Å². The zero-order chi connectivity index (χ0) is 13.1. The Morgan fingerprint density at radius 3 is 2.94 bits per heavy atom. The summed E-state index contributed by atoms with van der Waals surface area (Å²) in [4.78, 5) is 4.59. The Bertz CT molecular complexity index is 367. The van der Waals surface area contributed by atoms with Gasteiger partial charge >= 0.3 is 0 Å². The molecule has 1 aromatic heterocycles. The molecule has 0 aliphatic carbocycles.